The van der Waals surface area contributed by atoms with Gasteiger partial charge in [-0.15, -0.1) is 11.3 Å². The van der Waals surface area contributed by atoms with Crippen LogP contribution in [0.3, 0.4) is 0 Å². The van der Waals surface area contributed by atoms with Crippen molar-refractivity contribution in [3.05, 3.63) is 64.2 Å². The quantitative estimate of drug-likeness (QED) is 0.696. The van der Waals surface area contributed by atoms with Crippen LogP contribution in [0.5, 0.6) is 5.75 Å². The van der Waals surface area contributed by atoms with E-state index in [1.807, 2.05) is 17.5 Å². The van der Waals surface area contributed by atoms with Gasteiger partial charge < -0.3 is 10.1 Å². The molecule has 128 valence electrons. The molecular formula is C18H14ClFN2O2S. The summed E-state index contributed by atoms with van der Waals surface area (Å²) in [6.07, 6.45) is -0.00318. The van der Waals surface area contributed by atoms with Crippen LogP contribution in [0.4, 0.5) is 9.52 Å². The fourth-order valence-corrected chi connectivity index (χ4v) is 3.17. The number of carbonyl (C=O) groups is 1. The van der Waals surface area contributed by atoms with E-state index >= 15 is 0 Å². The van der Waals surface area contributed by atoms with E-state index in [2.05, 4.69) is 10.3 Å². The molecule has 1 aromatic heterocycles. The maximum atomic E-state index is 13.4. The molecule has 0 fully saturated rings. The number of benzene rings is 2. The third-order valence-corrected chi connectivity index (χ3v) is 4.49. The molecule has 0 aliphatic carbocycles. The average molecular weight is 377 g/mol. The average Bonchev–Trinajstić information content (AvgIpc) is 3.04. The molecule has 0 spiro atoms. The second kappa shape index (κ2) is 7.63. The van der Waals surface area contributed by atoms with Crippen molar-refractivity contribution in [3.63, 3.8) is 0 Å². The number of aromatic nitrogens is 1. The zero-order valence-electron chi connectivity index (χ0n) is 13.3. The Kier molecular flexibility index (Phi) is 5.31. The van der Waals surface area contributed by atoms with Crippen LogP contribution in [-0.4, -0.2) is 18.0 Å². The molecule has 0 radical (unpaired) electrons. The summed E-state index contributed by atoms with van der Waals surface area (Å²) >= 11 is 7.19. The van der Waals surface area contributed by atoms with Gasteiger partial charge >= 0.3 is 0 Å². The summed E-state index contributed by atoms with van der Waals surface area (Å²) in [7, 11) is 1.48. The lowest BCUT2D eigenvalue weighted by Gasteiger charge is -2.08. The predicted octanol–water partition coefficient (Wildman–Crippen LogP) is 4.79. The number of ether oxygens (including phenoxy) is 1. The Bertz CT molecular complexity index is 896. The molecule has 1 N–H and O–H groups in total. The Hall–Kier alpha value is -2.44. The summed E-state index contributed by atoms with van der Waals surface area (Å²) in [6, 6.07) is 11.4. The van der Waals surface area contributed by atoms with E-state index in [-0.39, 0.29) is 12.3 Å². The lowest BCUT2D eigenvalue weighted by molar-refractivity contribution is -0.115. The summed E-state index contributed by atoms with van der Waals surface area (Å²) in [4.78, 5) is 16.6. The van der Waals surface area contributed by atoms with Crippen molar-refractivity contribution < 1.29 is 13.9 Å². The lowest BCUT2D eigenvalue weighted by atomic mass is 10.1. The number of thiazole rings is 1. The Morgan fingerprint density at radius 3 is 2.76 bits per heavy atom. The van der Waals surface area contributed by atoms with Gasteiger partial charge in [0.25, 0.3) is 0 Å². The van der Waals surface area contributed by atoms with Crippen molar-refractivity contribution in [1.82, 2.24) is 4.98 Å². The van der Waals surface area contributed by atoms with Gasteiger partial charge in [0.05, 0.1) is 19.2 Å². The summed E-state index contributed by atoms with van der Waals surface area (Å²) in [5.41, 5.74) is 2.14. The SMILES string of the molecule is COc1ccc(F)cc1CC(=O)Nc1nc(-c2ccc(Cl)cc2)cs1. The van der Waals surface area contributed by atoms with Crippen LogP contribution in [0.1, 0.15) is 5.56 Å². The molecule has 2 aromatic carbocycles. The van der Waals surface area contributed by atoms with Crippen LogP contribution in [0.2, 0.25) is 5.02 Å². The summed E-state index contributed by atoms with van der Waals surface area (Å²) in [6.45, 7) is 0. The molecule has 7 heteroatoms. The monoisotopic (exact) mass is 376 g/mol. The topological polar surface area (TPSA) is 51.2 Å². The second-order valence-corrected chi connectivity index (χ2v) is 6.52. The molecule has 3 aromatic rings. The second-order valence-electron chi connectivity index (χ2n) is 5.23. The number of halogens is 2. The van der Waals surface area contributed by atoms with Gasteiger partial charge in [-0.1, -0.05) is 23.7 Å². The first kappa shape index (κ1) is 17.4. The number of anilines is 1. The lowest BCUT2D eigenvalue weighted by Crippen LogP contribution is -2.15. The minimum atomic E-state index is -0.414. The Labute approximate surface area is 153 Å². The van der Waals surface area contributed by atoms with Gasteiger partial charge in [-0.3, -0.25) is 4.79 Å². The predicted molar refractivity (Wildman–Crippen MR) is 97.8 cm³/mol. The van der Waals surface area contributed by atoms with Crippen LogP contribution in [0.15, 0.2) is 47.8 Å². The number of nitrogens with zero attached hydrogens (tertiary/aromatic N) is 1. The van der Waals surface area contributed by atoms with Gasteiger partial charge in [0, 0.05) is 21.5 Å². The molecule has 0 unspecified atom stereocenters. The molecule has 0 atom stereocenters. The zero-order chi connectivity index (χ0) is 17.8. The molecule has 0 aliphatic rings. The van der Waals surface area contributed by atoms with Crippen molar-refractivity contribution >= 4 is 34.0 Å². The summed E-state index contributed by atoms with van der Waals surface area (Å²) in [5.74, 6) is -0.235. The van der Waals surface area contributed by atoms with Crippen molar-refractivity contribution in [2.45, 2.75) is 6.42 Å². The molecule has 3 rings (SSSR count). The maximum Gasteiger partial charge on any atom is 0.230 e. The molecule has 1 amide bonds. The first-order chi connectivity index (χ1) is 12.0. The number of hydrogen-bond acceptors (Lipinski definition) is 4. The maximum absolute atomic E-state index is 13.4. The fraction of sp³-hybridized carbons (Fsp3) is 0.111. The molecule has 4 nitrogen and oxygen atoms in total. The Morgan fingerprint density at radius 2 is 2.04 bits per heavy atom. The molecule has 1 heterocycles. The van der Waals surface area contributed by atoms with Gasteiger partial charge in [-0.25, -0.2) is 9.37 Å². The van der Waals surface area contributed by atoms with E-state index in [0.29, 0.717) is 21.5 Å². The van der Waals surface area contributed by atoms with Crippen molar-refractivity contribution in [2.24, 2.45) is 0 Å². The first-order valence-corrected chi connectivity index (χ1v) is 8.64. The normalized spacial score (nSPS) is 10.5. The van der Waals surface area contributed by atoms with Crippen LogP contribution >= 0.6 is 22.9 Å². The molecular weight excluding hydrogens is 363 g/mol. The molecule has 25 heavy (non-hydrogen) atoms. The van der Waals surface area contributed by atoms with Crippen molar-refractivity contribution in [2.75, 3.05) is 12.4 Å². The third-order valence-electron chi connectivity index (χ3n) is 3.48. The van der Waals surface area contributed by atoms with Crippen LogP contribution in [-0.2, 0) is 11.2 Å². The smallest absolute Gasteiger partial charge is 0.230 e. The first-order valence-electron chi connectivity index (χ1n) is 7.39. The minimum Gasteiger partial charge on any atom is -0.496 e. The number of methoxy groups -OCH3 is 1. The molecule has 0 saturated carbocycles. The van der Waals surface area contributed by atoms with Crippen molar-refractivity contribution in [3.8, 4) is 17.0 Å². The van der Waals surface area contributed by atoms with E-state index in [4.69, 9.17) is 16.3 Å². The largest absolute Gasteiger partial charge is 0.496 e. The van der Waals surface area contributed by atoms with Gasteiger partial charge in [0.1, 0.15) is 11.6 Å². The summed E-state index contributed by atoms with van der Waals surface area (Å²) < 4.78 is 18.5. The highest BCUT2D eigenvalue weighted by molar-refractivity contribution is 7.14. The van der Waals surface area contributed by atoms with Gasteiger partial charge in [-0.2, -0.15) is 0 Å². The third kappa shape index (κ3) is 4.35. The highest BCUT2D eigenvalue weighted by Gasteiger charge is 2.12. The van der Waals surface area contributed by atoms with Crippen LogP contribution in [0, 0.1) is 5.82 Å². The molecule has 0 aliphatic heterocycles. The molecule has 0 bridgehead atoms. The van der Waals surface area contributed by atoms with Crippen LogP contribution in [0.25, 0.3) is 11.3 Å². The van der Waals surface area contributed by atoms with E-state index in [0.717, 1.165) is 11.3 Å². The van der Waals surface area contributed by atoms with Gasteiger partial charge in [-0.05, 0) is 30.3 Å². The summed E-state index contributed by atoms with van der Waals surface area (Å²) in [5, 5.41) is 5.70. The Balaban J connectivity index is 1.70. The standard InChI is InChI=1S/C18H14ClFN2O2S/c1-24-16-7-6-14(20)8-12(16)9-17(23)22-18-21-15(10-25-18)11-2-4-13(19)5-3-11/h2-8,10H,9H2,1H3,(H,21,22,23). The number of amides is 1. The van der Waals surface area contributed by atoms with E-state index in [1.165, 1.54) is 36.6 Å². The van der Waals surface area contributed by atoms with E-state index < -0.39 is 5.82 Å². The Morgan fingerprint density at radius 1 is 1.28 bits per heavy atom. The van der Waals surface area contributed by atoms with E-state index in [9.17, 15) is 9.18 Å². The van der Waals surface area contributed by atoms with Crippen molar-refractivity contribution in [1.29, 1.82) is 0 Å². The van der Waals surface area contributed by atoms with Gasteiger partial charge in [0.15, 0.2) is 5.13 Å². The number of hydrogen-bond donors (Lipinski definition) is 1. The zero-order valence-corrected chi connectivity index (χ0v) is 14.8. The highest BCUT2D eigenvalue weighted by atomic mass is 35.5. The van der Waals surface area contributed by atoms with Crippen LogP contribution < -0.4 is 10.1 Å². The highest BCUT2D eigenvalue weighted by Crippen LogP contribution is 2.26. The van der Waals surface area contributed by atoms with E-state index in [1.54, 1.807) is 12.1 Å². The van der Waals surface area contributed by atoms with Gasteiger partial charge in [0.2, 0.25) is 5.91 Å². The molecule has 0 saturated heterocycles. The fourth-order valence-electron chi connectivity index (χ4n) is 2.31. The number of carbonyl (C=O) groups excluding carboxylic acids is 1. The minimum absolute atomic E-state index is 0.00318. The number of nitrogens with one attached hydrogen (secondary N) is 1. The number of rotatable bonds is 5.